The molecule has 0 aliphatic heterocycles. The van der Waals surface area contributed by atoms with Gasteiger partial charge in [-0.3, -0.25) is 4.79 Å². The molecule has 0 saturated heterocycles. The van der Waals surface area contributed by atoms with Crippen LogP contribution in [-0.2, 0) is 4.79 Å². The summed E-state index contributed by atoms with van der Waals surface area (Å²) in [4.78, 5) is 11.3. The van der Waals surface area contributed by atoms with Crippen LogP contribution in [0.4, 0.5) is 0 Å². The molecule has 1 aliphatic rings. The highest BCUT2D eigenvalue weighted by molar-refractivity contribution is 5.81. The van der Waals surface area contributed by atoms with Crippen LogP contribution in [0.5, 0.6) is 0 Å². The maximum Gasteiger partial charge on any atom is 0.136 e. The maximum atomic E-state index is 11.3. The zero-order valence-electron chi connectivity index (χ0n) is 7.18. The monoisotopic (exact) mass is 155 g/mol. The molecule has 0 aromatic carbocycles. The van der Waals surface area contributed by atoms with Gasteiger partial charge in [-0.05, 0) is 25.7 Å². The van der Waals surface area contributed by atoms with Gasteiger partial charge in [-0.2, -0.15) is 0 Å². The van der Waals surface area contributed by atoms with Gasteiger partial charge in [-0.1, -0.05) is 6.92 Å². The van der Waals surface area contributed by atoms with Crippen molar-refractivity contribution in [3.63, 3.8) is 0 Å². The number of hydrogen-bond acceptors (Lipinski definition) is 2. The van der Waals surface area contributed by atoms with E-state index in [2.05, 4.69) is 0 Å². The summed E-state index contributed by atoms with van der Waals surface area (Å²) in [5, 5.41) is 0. The molecule has 0 aromatic heterocycles. The summed E-state index contributed by atoms with van der Waals surface area (Å²) in [6, 6.07) is 0.292. The van der Waals surface area contributed by atoms with Crippen LogP contribution in [0, 0.1) is 5.92 Å². The molecule has 2 N–H and O–H groups in total. The van der Waals surface area contributed by atoms with Crippen molar-refractivity contribution in [2.24, 2.45) is 11.7 Å². The molecule has 1 aliphatic carbocycles. The predicted octanol–water partition coefficient (Wildman–Crippen LogP) is 1.48. The van der Waals surface area contributed by atoms with E-state index in [1.165, 1.54) is 0 Å². The topological polar surface area (TPSA) is 43.1 Å². The van der Waals surface area contributed by atoms with E-state index < -0.39 is 0 Å². The van der Waals surface area contributed by atoms with E-state index in [9.17, 15) is 4.79 Å². The lowest BCUT2D eigenvalue weighted by Gasteiger charge is -2.05. The molecule has 0 amide bonds. The Kier molecular flexibility index (Phi) is 3.06. The van der Waals surface area contributed by atoms with Gasteiger partial charge < -0.3 is 5.73 Å². The number of Topliss-reactive ketones (excluding diaryl/α,β-unsaturated/α-hetero) is 1. The standard InChI is InChI=1S/C9H17NO/c1-2-3-9(11)7-4-5-8(10)6-7/h7-8H,2-6,10H2,1H3. The number of carbonyl (C=O) groups is 1. The predicted molar refractivity (Wildman–Crippen MR) is 45.2 cm³/mol. The highest BCUT2D eigenvalue weighted by atomic mass is 16.1. The van der Waals surface area contributed by atoms with Gasteiger partial charge in [0, 0.05) is 18.4 Å². The van der Waals surface area contributed by atoms with E-state index in [0.717, 1.165) is 32.1 Å². The molecule has 2 atom stereocenters. The van der Waals surface area contributed by atoms with Crippen LogP contribution in [0.2, 0.25) is 0 Å². The van der Waals surface area contributed by atoms with Crippen LogP contribution in [0.1, 0.15) is 39.0 Å². The van der Waals surface area contributed by atoms with Crippen molar-refractivity contribution >= 4 is 5.78 Å². The first kappa shape index (κ1) is 8.72. The van der Waals surface area contributed by atoms with Crippen LogP contribution in [0.3, 0.4) is 0 Å². The summed E-state index contributed by atoms with van der Waals surface area (Å²) >= 11 is 0. The Labute approximate surface area is 68.2 Å². The number of rotatable bonds is 3. The zero-order valence-corrected chi connectivity index (χ0v) is 7.18. The lowest BCUT2D eigenvalue weighted by molar-refractivity contribution is -0.122. The first-order chi connectivity index (χ1) is 5.24. The third-order valence-corrected chi connectivity index (χ3v) is 2.42. The van der Waals surface area contributed by atoms with Crippen molar-refractivity contribution < 1.29 is 4.79 Å². The van der Waals surface area contributed by atoms with Crippen LogP contribution < -0.4 is 5.73 Å². The Morgan fingerprint density at radius 3 is 2.73 bits per heavy atom. The van der Waals surface area contributed by atoms with Gasteiger partial charge in [-0.25, -0.2) is 0 Å². The van der Waals surface area contributed by atoms with E-state index in [0.29, 0.717) is 17.7 Å². The maximum absolute atomic E-state index is 11.3. The number of ketones is 1. The van der Waals surface area contributed by atoms with Gasteiger partial charge in [0.15, 0.2) is 0 Å². The first-order valence-corrected chi connectivity index (χ1v) is 4.52. The Morgan fingerprint density at radius 1 is 1.55 bits per heavy atom. The van der Waals surface area contributed by atoms with E-state index in [4.69, 9.17) is 5.73 Å². The highest BCUT2D eigenvalue weighted by Crippen LogP contribution is 2.25. The second-order valence-corrected chi connectivity index (χ2v) is 3.49. The quantitative estimate of drug-likeness (QED) is 0.671. The van der Waals surface area contributed by atoms with Crippen LogP contribution in [0.15, 0.2) is 0 Å². The van der Waals surface area contributed by atoms with Crippen LogP contribution in [0.25, 0.3) is 0 Å². The largest absolute Gasteiger partial charge is 0.328 e. The number of hydrogen-bond donors (Lipinski definition) is 1. The molecule has 2 heteroatoms. The summed E-state index contributed by atoms with van der Waals surface area (Å²) in [6.45, 7) is 2.05. The normalized spacial score (nSPS) is 30.7. The second kappa shape index (κ2) is 3.86. The molecule has 11 heavy (non-hydrogen) atoms. The second-order valence-electron chi connectivity index (χ2n) is 3.49. The Bertz CT molecular complexity index is 144. The summed E-state index contributed by atoms with van der Waals surface area (Å²) in [7, 11) is 0. The minimum atomic E-state index is 0.292. The van der Waals surface area contributed by atoms with Crippen molar-refractivity contribution in [3.05, 3.63) is 0 Å². The van der Waals surface area contributed by atoms with Crippen LogP contribution in [-0.4, -0.2) is 11.8 Å². The van der Waals surface area contributed by atoms with Crippen molar-refractivity contribution in [2.75, 3.05) is 0 Å². The lowest BCUT2D eigenvalue weighted by atomic mass is 9.99. The van der Waals surface area contributed by atoms with Gasteiger partial charge in [-0.15, -0.1) is 0 Å². The minimum absolute atomic E-state index is 0.292. The van der Waals surface area contributed by atoms with Gasteiger partial charge in [0.05, 0.1) is 0 Å². The number of nitrogens with two attached hydrogens (primary N) is 1. The van der Waals surface area contributed by atoms with E-state index in [-0.39, 0.29) is 0 Å². The SMILES string of the molecule is CCCC(=O)C1CCC(N)C1. The Balaban J connectivity index is 2.31. The smallest absolute Gasteiger partial charge is 0.136 e. The molecule has 64 valence electrons. The molecule has 0 bridgehead atoms. The van der Waals surface area contributed by atoms with Gasteiger partial charge >= 0.3 is 0 Å². The minimum Gasteiger partial charge on any atom is -0.328 e. The summed E-state index contributed by atoms with van der Waals surface area (Å²) in [5.74, 6) is 0.727. The third kappa shape index (κ3) is 2.29. The molecule has 0 radical (unpaired) electrons. The molecule has 2 unspecified atom stereocenters. The fourth-order valence-electron chi connectivity index (χ4n) is 1.76. The fraction of sp³-hybridized carbons (Fsp3) is 0.889. The lowest BCUT2D eigenvalue weighted by Crippen LogP contribution is -2.17. The summed E-state index contributed by atoms with van der Waals surface area (Å²) < 4.78 is 0. The molecule has 0 heterocycles. The Hall–Kier alpha value is -0.370. The zero-order chi connectivity index (χ0) is 8.27. The van der Waals surface area contributed by atoms with Crippen molar-refractivity contribution in [1.29, 1.82) is 0 Å². The Morgan fingerprint density at radius 2 is 2.27 bits per heavy atom. The molecule has 2 nitrogen and oxygen atoms in total. The number of carbonyl (C=O) groups excluding carboxylic acids is 1. The van der Waals surface area contributed by atoms with E-state index in [1.54, 1.807) is 0 Å². The summed E-state index contributed by atoms with van der Waals surface area (Å²) in [6.07, 6.45) is 4.72. The molecule has 1 rings (SSSR count). The van der Waals surface area contributed by atoms with E-state index >= 15 is 0 Å². The third-order valence-electron chi connectivity index (χ3n) is 2.42. The molecule has 1 fully saturated rings. The van der Waals surface area contributed by atoms with Gasteiger partial charge in [0.25, 0.3) is 0 Å². The van der Waals surface area contributed by atoms with Gasteiger partial charge in [0.2, 0.25) is 0 Å². The van der Waals surface area contributed by atoms with Crippen molar-refractivity contribution in [1.82, 2.24) is 0 Å². The fourth-order valence-corrected chi connectivity index (χ4v) is 1.76. The first-order valence-electron chi connectivity index (χ1n) is 4.52. The van der Waals surface area contributed by atoms with Gasteiger partial charge in [0.1, 0.15) is 5.78 Å². The molecule has 0 spiro atoms. The van der Waals surface area contributed by atoms with Crippen molar-refractivity contribution in [3.8, 4) is 0 Å². The molecular formula is C9H17NO. The average molecular weight is 155 g/mol. The highest BCUT2D eigenvalue weighted by Gasteiger charge is 2.26. The molecule has 1 saturated carbocycles. The molecular weight excluding hydrogens is 138 g/mol. The van der Waals surface area contributed by atoms with Crippen molar-refractivity contribution in [2.45, 2.75) is 45.1 Å². The van der Waals surface area contributed by atoms with E-state index in [1.807, 2.05) is 6.92 Å². The summed E-state index contributed by atoms with van der Waals surface area (Å²) in [5.41, 5.74) is 5.71. The van der Waals surface area contributed by atoms with Crippen LogP contribution >= 0.6 is 0 Å². The average Bonchev–Trinajstić information content (AvgIpc) is 2.36. The molecule has 0 aromatic rings.